The normalized spacial score (nSPS) is 32.4. The lowest BCUT2D eigenvalue weighted by Gasteiger charge is -2.46. The Labute approximate surface area is 184 Å². The van der Waals surface area contributed by atoms with Gasteiger partial charge in [-0.15, -0.1) is 0 Å². The van der Waals surface area contributed by atoms with E-state index in [2.05, 4.69) is 48.6 Å². The Morgan fingerprint density at radius 1 is 1.35 bits per heavy atom. The van der Waals surface area contributed by atoms with Crippen molar-refractivity contribution >= 4 is 16.9 Å². The maximum absolute atomic E-state index is 12.7. The van der Waals surface area contributed by atoms with E-state index in [-0.39, 0.29) is 29.3 Å². The molecule has 2 aromatic rings. The molecule has 0 amide bonds. The van der Waals surface area contributed by atoms with Gasteiger partial charge in [-0.25, -0.2) is 0 Å². The van der Waals surface area contributed by atoms with Gasteiger partial charge >= 0.3 is 5.97 Å². The molecule has 3 aliphatic rings. The molecule has 1 aliphatic heterocycles. The van der Waals surface area contributed by atoms with Crippen molar-refractivity contribution in [3.63, 3.8) is 0 Å². The standard InChI is InChI=1S/C26H34N2O3/c1-16-5-4-9-26(2)13-24-20(12-22(16)26)21(25(29)31-24)15-27-10-8-17-14-28-23-7-6-18(30-3)11-19(17)23/h6-7,11-12,14,16,20-21,24,27-28H,4-5,8-10,13,15H2,1-3H3. The number of carbonyl (C=O) groups excluding carboxylic acids is 1. The number of esters is 1. The second-order valence-corrected chi connectivity index (χ2v) is 10.0. The van der Waals surface area contributed by atoms with Crippen molar-refractivity contribution in [2.24, 2.45) is 23.2 Å². The number of ether oxygens (including phenoxy) is 2. The molecule has 5 rings (SSSR count). The van der Waals surface area contributed by atoms with Crippen molar-refractivity contribution in [1.82, 2.24) is 10.3 Å². The van der Waals surface area contributed by atoms with Crippen molar-refractivity contribution in [2.75, 3.05) is 20.2 Å². The molecule has 0 radical (unpaired) electrons. The van der Waals surface area contributed by atoms with E-state index in [4.69, 9.17) is 9.47 Å². The average molecular weight is 423 g/mol. The van der Waals surface area contributed by atoms with Gasteiger partial charge in [-0.2, -0.15) is 0 Å². The van der Waals surface area contributed by atoms with E-state index in [1.54, 1.807) is 12.7 Å². The van der Waals surface area contributed by atoms with Gasteiger partial charge in [0.25, 0.3) is 0 Å². The highest BCUT2D eigenvalue weighted by molar-refractivity contribution is 5.84. The lowest BCUT2D eigenvalue weighted by atomic mass is 9.59. The van der Waals surface area contributed by atoms with Gasteiger partial charge in [-0.1, -0.05) is 31.9 Å². The van der Waals surface area contributed by atoms with Gasteiger partial charge in [-0.3, -0.25) is 4.79 Å². The van der Waals surface area contributed by atoms with Gasteiger partial charge in [0.2, 0.25) is 0 Å². The Hall–Kier alpha value is -2.27. The molecule has 1 aromatic heterocycles. The molecule has 1 saturated carbocycles. The van der Waals surface area contributed by atoms with Crippen LogP contribution in [0.1, 0.15) is 45.1 Å². The molecule has 1 aromatic carbocycles. The summed E-state index contributed by atoms with van der Waals surface area (Å²) in [4.78, 5) is 16.0. The first kappa shape index (κ1) is 20.6. The molecule has 5 unspecified atom stereocenters. The van der Waals surface area contributed by atoms with E-state index in [1.165, 1.54) is 30.2 Å². The van der Waals surface area contributed by atoms with E-state index in [0.29, 0.717) is 12.5 Å². The number of H-pyrrole nitrogens is 1. The highest BCUT2D eigenvalue weighted by Gasteiger charge is 2.51. The molecule has 2 N–H and O–H groups in total. The van der Waals surface area contributed by atoms with Crippen LogP contribution in [0.25, 0.3) is 10.9 Å². The Bertz CT molecular complexity index is 1010. The summed E-state index contributed by atoms with van der Waals surface area (Å²) in [5.41, 5.74) is 4.19. The number of benzene rings is 1. The molecule has 31 heavy (non-hydrogen) atoms. The van der Waals surface area contributed by atoms with Crippen LogP contribution >= 0.6 is 0 Å². The van der Waals surface area contributed by atoms with Crippen molar-refractivity contribution in [1.29, 1.82) is 0 Å². The number of fused-ring (bicyclic) bond motifs is 3. The van der Waals surface area contributed by atoms with Crippen LogP contribution in [0.5, 0.6) is 5.75 Å². The molecule has 0 bridgehead atoms. The smallest absolute Gasteiger partial charge is 0.311 e. The number of allylic oxidation sites excluding steroid dienone is 1. The number of nitrogens with one attached hydrogen (secondary N) is 2. The number of aromatic amines is 1. The number of carbonyl (C=O) groups is 1. The Morgan fingerprint density at radius 2 is 2.23 bits per heavy atom. The summed E-state index contributed by atoms with van der Waals surface area (Å²) in [5, 5.41) is 4.74. The first-order valence-electron chi connectivity index (χ1n) is 11.8. The topological polar surface area (TPSA) is 63.3 Å². The predicted molar refractivity (Wildman–Crippen MR) is 122 cm³/mol. The first-order chi connectivity index (χ1) is 15.0. The zero-order valence-corrected chi connectivity index (χ0v) is 18.9. The summed E-state index contributed by atoms with van der Waals surface area (Å²) in [7, 11) is 1.69. The molecular weight excluding hydrogens is 388 g/mol. The summed E-state index contributed by atoms with van der Waals surface area (Å²) >= 11 is 0. The van der Waals surface area contributed by atoms with Crippen LogP contribution in [0.15, 0.2) is 36.0 Å². The van der Waals surface area contributed by atoms with Crippen LogP contribution < -0.4 is 10.1 Å². The number of aromatic nitrogens is 1. The van der Waals surface area contributed by atoms with Crippen LogP contribution in [0.2, 0.25) is 0 Å². The highest BCUT2D eigenvalue weighted by atomic mass is 16.6. The fourth-order valence-electron chi connectivity index (χ4n) is 6.25. The number of hydrogen-bond acceptors (Lipinski definition) is 4. The van der Waals surface area contributed by atoms with E-state index in [9.17, 15) is 4.79 Å². The SMILES string of the molecule is COc1ccc2[nH]cc(CCNCC3C(=O)OC4CC5(C)CCCC(C)C5=CC43)c2c1. The average Bonchev–Trinajstić information content (AvgIpc) is 3.29. The minimum Gasteiger partial charge on any atom is -0.497 e. The zero-order chi connectivity index (χ0) is 21.6. The molecule has 5 nitrogen and oxygen atoms in total. The first-order valence-corrected chi connectivity index (χ1v) is 11.8. The third-order valence-corrected chi connectivity index (χ3v) is 7.99. The summed E-state index contributed by atoms with van der Waals surface area (Å²) in [6.07, 6.45) is 10.2. The largest absolute Gasteiger partial charge is 0.497 e. The summed E-state index contributed by atoms with van der Waals surface area (Å²) in [6.45, 7) is 6.24. The summed E-state index contributed by atoms with van der Waals surface area (Å²) < 4.78 is 11.2. The Balaban J connectivity index is 1.23. The van der Waals surface area contributed by atoms with Gasteiger partial charge in [0.15, 0.2) is 0 Å². The Morgan fingerprint density at radius 3 is 3.06 bits per heavy atom. The number of rotatable bonds is 6. The minimum atomic E-state index is -0.0701. The van der Waals surface area contributed by atoms with Crippen LogP contribution in [0.3, 0.4) is 0 Å². The van der Waals surface area contributed by atoms with Crippen LogP contribution in [0, 0.1) is 23.2 Å². The number of methoxy groups -OCH3 is 1. The van der Waals surface area contributed by atoms with Crippen molar-refractivity contribution in [3.8, 4) is 5.75 Å². The highest BCUT2D eigenvalue weighted by Crippen LogP contribution is 2.53. The monoisotopic (exact) mass is 422 g/mol. The summed E-state index contributed by atoms with van der Waals surface area (Å²) in [6, 6.07) is 6.10. The molecule has 5 heteroatoms. The maximum atomic E-state index is 12.7. The number of hydrogen-bond donors (Lipinski definition) is 2. The van der Waals surface area contributed by atoms with E-state index in [0.717, 1.165) is 30.7 Å². The third kappa shape index (κ3) is 3.67. The van der Waals surface area contributed by atoms with Gasteiger partial charge in [-0.05, 0) is 67.3 Å². The fourth-order valence-corrected chi connectivity index (χ4v) is 6.25. The predicted octanol–water partition coefficient (Wildman–Crippen LogP) is 4.62. The van der Waals surface area contributed by atoms with Gasteiger partial charge in [0.1, 0.15) is 11.9 Å². The lowest BCUT2D eigenvalue weighted by Crippen LogP contribution is -2.40. The second-order valence-electron chi connectivity index (χ2n) is 10.0. The van der Waals surface area contributed by atoms with Crippen LogP contribution in [-0.2, 0) is 16.0 Å². The van der Waals surface area contributed by atoms with Crippen LogP contribution in [0.4, 0.5) is 0 Å². The quantitative estimate of drug-likeness (QED) is 0.405. The molecular formula is C26H34N2O3. The van der Waals surface area contributed by atoms with Crippen molar-refractivity contribution < 1.29 is 14.3 Å². The van der Waals surface area contributed by atoms with Crippen LogP contribution in [-0.4, -0.2) is 37.3 Å². The summed E-state index contributed by atoms with van der Waals surface area (Å²) in [5.74, 6) is 1.63. The fraction of sp³-hybridized carbons (Fsp3) is 0.577. The molecule has 2 fully saturated rings. The zero-order valence-electron chi connectivity index (χ0n) is 18.9. The van der Waals surface area contributed by atoms with E-state index >= 15 is 0 Å². The molecule has 1 saturated heterocycles. The van der Waals surface area contributed by atoms with Gasteiger partial charge < -0.3 is 19.8 Å². The molecule has 2 heterocycles. The van der Waals surface area contributed by atoms with Gasteiger partial charge in [0, 0.05) is 29.6 Å². The molecule has 0 spiro atoms. The minimum absolute atomic E-state index is 0.0221. The molecule has 2 aliphatic carbocycles. The van der Waals surface area contributed by atoms with Crippen molar-refractivity contribution in [3.05, 3.63) is 41.6 Å². The maximum Gasteiger partial charge on any atom is 0.311 e. The van der Waals surface area contributed by atoms with E-state index < -0.39 is 0 Å². The molecule has 5 atom stereocenters. The third-order valence-electron chi connectivity index (χ3n) is 7.99. The van der Waals surface area contributed by atoms with E-state index in [1.807, 2.05) is 6.07 Å². The Kier molecular flexibility index (Phi) is 5.33. The van der Waals surface area contributed by atoms with Gasteiger partial charge in [0.05, 0.1) is 13.0 Å². The van der Waals surface area contributed by atoms with Crippen molar-refractivity contribution in [2.45, 2.75) is 52.1 Å². The lowest BCUT2D eigenvalue weighted by molar-refractivity contribution is -0.145. The second kappa shape index (κ2) is 8.01. The molecule has 166 valence electrons.